The predicted octanol–water partition coefficient (Wildman–Crippen LogP) is 0.510. The molecule has 0 aliphatic rings. The molecule has 7 nitrogen and oxygen atoms in total. The fraction of sp³-hybridized carbons (Fsp3) is 0.583. The van der Waals surface area contributed by atoms with E-state index < -0.39 is 5.97 Å². The van der Waals surface area contributed by atoms with Crippen molar-refractivity contribution in [2.24, 2.45) is 0 Å². The Morgan fingerprint density at radius 3 is 2.53 bits per heavy atom. The van der Waals surface area contributed by atoms with Crippen LogP contribution in [0.1, 0.15) is 31.3 Å². The van der Waals surface area contributed by atoms with Crippen molar-refractivity contribution < 1.29 is 14.3 Å². The molecule has 1 rings (SSSR count). The number of nitrogen functional groups attached to an aromatic ring is 1. The van der Waals surface area contributed by atoms with Gasteiger partial charge in [0.25, 0.3) is 0 Å². The quantitative estimate of drug-likeness (QED) is 0.759. The summed E-state index contributed by atoms with van der Waals surface area (Å²) in [6, 6.07) is 0. The molecule has 1 aromatic rings. The maximum Gasteiger partial charge on any atom is 0.361 e. The number of carbonyl (C=O) groups is 2. The maximum atomic E-state index is 11.9. The first-order valence-corrected chi connectivity index (χ1v) is 6.31. The number of aromatic nitrogens is 2. The Bertz CT molecular complexity index is 452. The summed E-state index contributed by atoms with van der Waals surface area (Å²) in [6.45, 7) is 7.10. The Balaban J connectivity index is 2.78. The van der Waals surface area contributed by atoms with Gasteiger partial charge in [0.15, 0.2) is 5.69 Å². The van der Waals surface area contributed by atoms with Crippen LogP contribution in [0.3, 0.4) is 0 Å². The Hall–Kier alpha value is -2.05. The second-order valence-corrected chi connectivity index (χ2v) is 3.92. The number of hydrogen-bond donors (Lipinski definition) is 1. The molecule has 106 valence electrons. The lowest BCUT2D eigenvalue weighted by molar-refractivity contribution is -0.131. The molecule has 1 amide bonds. The molecule has 0 saturated carbocycles. The minimum Gasteiger partial charge on any atom is -0.461 e. The minimum absolute atomic E-state index is 0.0502. The van der Waals surface area contributed by atoms with E-state index in [2.05, 4.69) is 5.10 Å². The normalized spacial score (nSPS) is 10.3. The van der Waals surface area contributed by atoms with Gasteiger partial charge in [-0.25, -0.2) is 4.79 Å². The van der Waals surface area contributed by atoms with Gasteiger partial charge < -0.3 is 15.4 Å². The van der Waals surface area contributed by atoms with Crippen LogP contribution in [0, 0.1) is 0 Å². The number of ether oxygens (including phenoxy) is 1. The van der Waals surface area contributed by atoms with Crippen molar-refractivity contribution in [3.63, 3.8) is 0 Å². The Kier molecular flexibility index (Phi) is 5.35. The van der Waals surface area contributed by atoms with E-state index in [0.717, 1.165) is 0 Å². The zero-order valence-electron chi connectivity index (χ0n) is 11.5. The number of nitrogens with two attached hydrogens (primary N) is 1. The van der Waals surface area contributed by atoms with Gasteiger partial charge >= 0.3 is 5.97 Å². The number of carbonyl (C=O) groups excluding carboxylic acids is 2. The molecule has 2 N–H and O–H groups in total. The second-order valence-electron chi connectivity index (χ2n) is 3.92. The van der Waals surface area contributed by atoms with Crippen molar-refractivity contribution in [3.8, 4) is 0 Å². The summed E-state index contributed by atoms with van der Waals surface area (Å²) in [7, 11) is 0. The predicted molar refractivity (Wildman–Crippen MR) is 70.5 cm³/mol. The third kappa shape index (κ3) is 3.70. The second kappa shape index (κ2) is 6.77. The number of likely N-dealkylation sites (N-methyl/N-ethyl adjacent to an activating group) is 1. The smallest absolute Gasteiger partial charge is 0.361 e. The average Bonchev–Trinajstić information content (AvgIpc) is 2.72. The van der Waals surface area contributed by atoms with E-state index in [4.69, 9.17) is 10.5 Å². The Labute approximate surface area is 112 Å². The summed E-state index contributed by atoms with van der Waals surface area (Å²) in [6.07, 6.45) is 1.47. The highest BCUT2D eigenvalue weighted by Gasteiger charge is 2.18. The van der Waals surface area contributed by atoms with Gasteiger partial charge in [0.2, 0.25) is 5.91 Å². The lowest BCUT2D eigenvalue weighted by Gasteiger charge is -2.18. The molecule has 0 bridgehead atoms. The van der Waals surface area contributed by atoms with E-state index >= 15 is 0 Å². The first-order valence-electron chi connectivity index (χ1n) is 6.31. The molecule has 0 aromatic carbocycles. The van der Waals surface area contributed by atoms with Crippen molar-refractivity contribution in [1.82, 2.24) is 14.7 Å². The van der Waals surface area contributed by atoms with E-state index in [1.54, 1.807) is 11.8 Å². The van der Waals surface area contributed by atoms with Crippen molar-refractivity contribution >= 4 is 17.6 Å². The Morgan fingerprint density at radius 1 is 1.37 bits per heavy atom. The topological polar surface area (TPSA) is 90.4 Å². The van der Waals surface area contributed by atoms with Crippen LogP contribution in [0.2, 0.25) is 0 Å². The van der Waals surface area contributed by atoms with Crippen LogP contribution >= 0.6 is 0 Å². The van der Waals surface area contributed by atoms with Crippen molar-refractivity contribution in [1.29, 1.82) is 0 Å². The van der Waals surface area contributed by atoms with Gasteiger partial charge in [0.05, 0.1) is 12.3 Å². The molecule has 7 heteroatoms. The van der Waals surface area contributed by atoms with Gasteiger partial charge in [-0.15, -0.1) is 0 Å². The molecule has 1 heterocycles. The van der Waals surface area contributed by atoms with E-state index in [-0.39, 0.29) is 30.4 Å². The number of amides is 1. The summed E-state index contributed by atoms with van der Waals surface area (Å²) < 4.78 is 6.19. The SMILES string of the molecule is CCOC(=O)c1nn(CC(=O)N(CC)CC)cc1N. The maximum absolute atomic E-state index is 11.9. The largest absolute Gasteiger partial charge is 0.461 e. The molecule has 0 aliphatic carbocycles. The standard InChI is InChI=1S/C12H20N4O3/c1-4-15(5-2)10(17)8-16-7-9(13)11(14-16)12(18)19-6-3/h7H,4-6,8,13H2,1-3H3. The van der Waals surface area contributed by atoms with Crippen LogP contribution in [0.15, 0.2) is 6.20 Å². The van der Waals surface area contributed by atoms with Crippen LogP contribution in [0.4, 0.5) is 5.69 Å². The fourth-order valence-corrected chi connectivity index (χ4v) is 1.69. The van der Waals surface area contributed by atoms with Crippen LogP contribution in [-0.4, -0.2) is 46.3 Å². The summed E-state index contributed by atoms with van der Waals surface area (Å²) >= 11 is 0. The number of hydrogen-bond acceptors (Lipinski definition) is 5. The summed E-state index contributed by atoms with van der Waals surface area (Å²) in [4.78, 5) is 25.1. The van der Waals surface area contributed by atoms with Crippen molar-refractivity contribution in [3.05, 3.63) is 11.9 Å². The van der Waals surface area contributed by atoms with Gasteiger partial charge in [0, 0.05) is 19.3 Å². The lowest BCUT2D eigenvalue weighted by atomic mass is 10.4. The zero-order chi connectivity index (χ0) is 14.4. The Morgan fingerprint density at radius 2 is 2.00 bits per heavy atom. The number of anilines is 1. The highest BCUT2D eigenvalue weighted by Crippen LogP contribution is 2.10. The summed E-state index contributed by atoms with van der Waals surface area (Å²) in [5.74, 6) is -0.642. The average molecular weight is 268 g/mol. The van der Waals surface area contributed by atoms with Gasteiger partial charge in [-0.3, -0.25) is 9.48 Å². The molecule has 0 radical (unpaired) electrons. The van der Waals surface area contributed by atoms with Crippen LogP contribution in [0.5, 0.6) is 0 Å². The van der Waals surface area contributed by atoms with Crippen molar-refractivity contribution in [2.45, 2.75) is 27.3 Å². The number of nitrogens with zero attached hydrogens (tertiary/aromatic N) is 3. The number of rotatable bonds is 6. The molecule has 0 saturated heterocycles. The summed E-state index contributed by atoms with van der Waals surface area (Å²) in [5.41, 5.74) is 5.94. The van der Waals surface area contributed by atoms with Crippen LogP contribution in [-0.2, 0) is 16.1 Å². The van der Waals surface area contributed by atoms with Gasteiger partial charge in [-0.1, -0.05) is 0 Å². The lowest BCUT2D eigenvalue weighted by Crippen LogP contribution is -2.33. The minimum atomic E-state index is -0.575. The van der Waals surface area contributed by atoms with E-state index in [1.165, 1.54) is 10.9 Å². The molecular formula is C12H20N4O3. The highest BCUT2D eigenvalue weighted by molar-refractivity contribution is 5.92. The molecule has 0 spiro atoms. The molecule has 0 fully saturated rings. The van der Waals surface area contributed by atoms with E-state index in [1.807, 2.05) is 13.8 Å². The zero-order valence-corrected chi connectivity index (χ0v) is 11.5. The van der Waals surface area contributed by atoms with Crippen LogP contribution in [0.25, 0.3) is 0 Å². The van der Waals surface area contributed by atoms with Crippen LogP contribution < -0.4 is 5.73 Å². The van der Waals surface area contributed by atoms with E-state index in [9.17, 15) is 9.59 Å². The molecule has 19 heavy (non-hydrogen) atoms. The first kappa shape index (κ1) is 15.0. The molecule has 1 aromatic heterocycles. The van der Waals surface area contributed by atoms with Crippen molar-refractivity contribution in [2.75, 3.05) is 25.4 Å². The molecule has 0 aliphatic heterocycles. The molecular weight excluding hydrogens is 248 g/mol. The summed E-state index contributed by atoms with van der Waals surface area (Å²) in [5, 5.41) is 3.99. The first-order chi connectivity index (χ1) is 9.03. The van der Waals surface area contributed by atoms with Gasteiger partial charge in [-0.2, -0.15) is 5.10 Å². The molecule has 0 atom stereocenters. The monoisotopic (exact) mass is 268 g/mol. The third-order valence-corrected chi connectivity index (χ3v) is 2.67. The van der Waals surface area contributed by atoms with Gasteiger partial charge in [-0.05, 0) is 20.8 Å². The third-order valence-electron chi connectivity index (χ3n) is 2.67. The highest BCUT2D eigenvalue weighted by atomic mass is 16.5. The fourth-order valence-electron chi connectivity index (χ4n) is 1.69. The van der Waals surface area contributed by atoms with Gasteiger partial charge in [0.1, 0.15) is 6.54 Å². The van der Waals surface area contributed by atoms with E-state index in [0.29, 0.717) is 13.1 Å². The number of esters is 1. The molecule has 0 unspecified atom stereocenters.